The van der Waals surface area contributed by atoms with Crippen LogP contribution in [0.3, 0.4) is 0 Å². The Balaban J connectivity index is 2.11. The molecule has 0 aromatic heterocycles. The Bertz CT molecular complexity index is 391. The van der Waals surface area contributed by atoms with E-state index in [0.29, 0.717) is 18.5 Å². The molecule has 0 spiro atoms. The van der Waals surface area contributed by atoms with Gasteiger partial charge in [0.05, 0.1) is 12.2 Å². The van der Waals surface area contributed by atoms with Gasteiger partial charge in [0, 0.05) is 25.7 Å². The van der Waals surface area contributed by atoms with Crippen molar-refractivity contribution in [1.82, 2.24) is 4.90 Å². The first-order chi connectivity index (χ1) is 9.03. The molecule has 3 nitrogen and oxygen atoms in total. The Morgan fingerprint density at radius 3 is 2.58 bits per heavy atom. The summed E-state index contributed by atoms with van der Waals surface area (Å²) in [6.45, 7) is 9.99. The fourth-order valence-corrected chi connectivity index (χ4v) is 2.98. The maximum Gasteiger partial charge on any atom is 0.0753 e. The van der Waals surface area contributed by atoms with Crippen molar-refractivity contribution in [3.63, 3.8) is 0 Å². The molecule has 2 rings (SSSR count). The molecule has 1 saturated heterocycles. The summed E-state index contributed by atoms with van der Waals surface area (Å²) >= 11 is 0. The summed E-state index contributed by atoms with van der Waals surface area (Å²) in [6.07, 6.45) is 0. The lowest BCUT2D eigenvalue weighted by atomic mass is 9.91. The van der Waals surface area contributed by atoms with Crippen LogP contribution in [0.2, 0.25) is 0 Å². The molecule has 1 fully saturated rings. The van der Waals surface area contributed by atoms with Crippen molar-refractivity contribution in [3.8, 4) is 0 Å². The normalized spacial score (nSPS) is 22.9. The average molecular weight is 262 g/mol. The van der Waals surface area contributed by atoms with Crippen molar-refractivity contribution in [2.75, 3.05) is 26.2 Å². The van der Waals surface area contributed by atoms with Crippen molar-refractivity contribution in [2.24, 2.45) is 5.73 Å². The minimum atomic E-state index is -0.0674. The van der Waals surface area contributed by atoms with Gasteiger partial charge >= 0.3 is 0 Å². The molecule has 2 unspecified atom stereocenters. The minimum Gasteiger partial charge on any atom is -0.373 e. The highest BCUT2D eigenvalue weighted by Crippen LogP contribution is 2.26. The Morgan fingerprint density at radius 2 is 2.00 bits per heavy atom. The van der Waals surface area contributed by atoms with E-state index in [1.807, 2.05) is 0 Å². The smallest absolute Gasteiger partial charge is 0.0753 e. The summed E-state index contributed by atoms with van der Waals surface area (Å²) in [5, 5.41) is 0. The Morgan fingerprint density at radius 1 is 1.32 bits per heavy atom. The summed E-state index contributed by atoms with van der Waals surface area (Å²) in [4.78, 5) is 2.49. The number of nitrogens with two attached hydrogens (primary N) is 1. The Hall–Kier alpha value is -0.900. The van der Waals surface area contributed by atoms with Gasteiger partial charge in [0.25, 0.3) is 0 Å². The number of rotatable bonds is 4. The predicted molar refractivity (Wildman–Crippen MR) is 79.3 cm³/mol. The van der Waals surface area contributed by atoms with E-state index in [2.05, 4.69) is 56.0 Å². The van der Waals surface area contributed by atoms with Crippen LogP contribution in [0, 0.1) is 0 Å². The summed E-state index contributed by atoms with van der Waals surface area (Å²) in [5.41, 5.74) is 7.34. The molecule has 1 aromatic carbocycles. The quantitative estimate of drug-likeness (QED) is 0.904. The van der Waals surface area contributed by atoms with Crippen LogP contribution in [0.4, 0.5) is 0 Å². The van der Waals surface area contributed by atoms with Crippen LogP contribution >= 0.6 is 0 Å². The molecule has 0 amide bonds. The fourth-order valence-electron chi connectivity index (χ4n) is 2.98. The second-order valence-corrected chi connectivity index (χ2v) is 6.08. The van der Waals surface area contributed by atoms with Gasteiger partial charge < -0.3 is 10.5 Å². The molecule has 0 bridgehead atoms. The number of morpholine rings is 1. The molecule has 0 radical (unpaired) electrons. The largest absolute Gasteiger partial charge is 0.373 e. The van der Waals surface area contributed by atoms with Crippen LogP contribution in [0.15, 0.2) is 30.3 Å². The topological polar surface area (TPSA) is 38.5 Å². The number of hydrogen-bond donors (Lipinski definition) is 1. The molecular weight excluding hydrogens is 236 g/mol. The zero-order chi connectivity index (χ0) is 13.9. The van der Waals surface area contributed by atoms with E-state index < -0.39 is 0 Å². The molecule has 106 valence electrons. The van der Waals surface area contributed by atoms with Gasteiger partial charge in [-0.15, -0.1) is 0 Å². The first kappa shape index (κ1) is 14.5. The Labute approximate surface area is 116 Å². The molecule has 19 heavy (non-hydrogen) atoms. The SMILES string of the molecule is CC(c1ccccc1)C(CN)N1CCOC(C)(C)C1. The number of benzene rings is 1. The van der Waals surface area contributed by atoms with Gasteiger partial charge in [-0.25, -0.2) is 0 Å². The Kier molecular flexibility index (Phi) is 4.61. The lowest BCUT2D eigenvalue weighted by Crippen LogP contribution is -2.55. The average Bonchev–Trinajstić information content (AvgIpc) is 2.39. The summed E-state index contributed by atoms with van der Waals surface area (Å²) in [6, 6.07) is 11.0. The summed E-state index contributed by atoms with van der Waals surface area (Å²) in [7, 11) is 0. The number of nitrogens with zero attached hydrogens (tertiary/aromatic N) is 1. The first-order valence-corrected chi connectivity index (χ1v) is 7.16. The predicted octanol–water partition coefficient (Wildman–Crippen LogP) is 2.23. The van der Waals surface area contributed by atoms with Gasteiger partial charge in [-0.1, -0.05) is 37.3 Å². The highest BCUT2D eigenvalue weighted by Gasteiger charge is 2.33. The molecule has 2 N–H and O–H groups in total. The molecule has 0 aliphatic carbocycles. The maximum absolute atomic E-state index is 6.05. The third-order valence-electron chi connectivity index (χ3n) is 4.07. The van der Waals surface area contributed by atoms with E-state index >= 15 is 0 Å². The molecule has 1 aliphatic rings. The minimum absolute atomic E-state index is 0.0674. The van der Waals surface area contributed by atoms with Crippen LogP contribution in [0.5, 0.6) is 0 Å². The third-order valence-corrected chi connectivity index (χ3v) is 4.07. The van der Waals surface area contributed by atoms with Gasteiger partial charge in [0.2, 0.25) is 0 Å². The molecule has 1 aromatic rings. The van der Waals surface area contributed by atoms with Gasteiger partial charge in [0.15, 0.2) is 0 Å². The highest BCUT2D eigenvalue weighted by atomic mass is 16.5. The molecule has 1 aliphatic heterocycles. The number of hydrogen-bond acceptors (Lipinski definition) is 3. The van der Waals surface area contributed by atoms with Gasteiger partial charge in [0.1, 0.15) is 0 Å². The van der Waals surface area contributed by atoms with Crippen molar-refractivity contribution in [1.29, 1.82) is 0 Å². The second-order valence-electron chi connectivity index (χ2n) is 6.08. The highest BCUT2D eigenvalue weighted by molar-refractivity contribution is 5.20. The van der Waals surface area contributed by atoms with Crippen LogP contribution in [0.25, 0.3) is 0 Å². The number of ether oxygens (including phenoxy) is 1. The van der Waals surface area contributed by atoms with E-state index in [1.165, 1.54) is 5.56 Å². The van der Waals surface area contributed by atoms with E-state index in [9.17, 15) is 0 Å². The van der Waals surface area contributed by atoms with Gasteiger partial charge in [-0.2, -0.15) is 0 Å². The third kappa shape index (κ3) is 3.56. The molecular formula is C16H26N2O. The second kappa shape index (κ2) is 6.04. The first-order valence-electron chi connectivity index (χ1n) is 7.16. The van der Waals surface area contributed by atoms with Crippen LogP contribution in [0.1, 0.15) is 32.3 Å². The van der Waals surface area contributed by atoms with Crippen molar-refractivity contribution < 1.29 is 4.74 Å². The van der Waals surface area contributed by atoms with Crippen LogP contribution in [-0.2, 0) is 4.74 Å². The zero-order valence-corrected chi connectivity index (χ0v) is 12.3. The van der Waals surface area contributed by atoms with Gasteiger partial charge in [-0.3, -0.25) is 4.90 Å². The maximum atomic E-state index is 6.05. The van der Waals surface area contributed by atoms with Crippen LogP contribution < -0.4 is 5.73 Å². The van der Waals surface area contributed by atoms with E-state index in [0.717, 1.165) is 19.7 Å². The summed E-state index contributed by atoms with van der Waals surface area (Å²) in [5.74, 6) is 0.445. The van der Waals surface area contributed by atoms with Crippen molar-refractivity contribution in [3.05, 3.63) is 35.9 Å². The molecule has 1 heterocycles. The van der Waals surface area contributed by atoms with E-state index in [1.54, 1.807) is 0 Å². The van der Waals surface area contributed by atoms with Crippen molar-refractivity contribution >= 4 is 0 Å². The van der Waals surface area contributed by atoms with E-state index in [-0.39, 0.29) is 5.60 Å². The lowest BCUT2D eigenvalue weighted by molar-refractivity contribution is -0.0981. The molecule has 0 saturated carbocycles. The van der Waals surface area contributed by atoms with Gasteiger partial charge in [-0.05, 0) is 25.3 Å². The molecule has 3 heteroatoms. The zero-order valence-electron chi connectivity index (χ0n) is 12.3. The summed E-state index contributed by atoms with van der Waals surface area (Å²) < 4.78 is 5.79. The van der Waals surface area contributed by atoms with Crippen LogP contribution in [-0.4, -0.2) is 42.8 Å². The fraction of sp³-hybridized carbons (Fsp3) is 0.625. The monoisotopic (exact) mass is 262 g/mol. The molecule has 2 atom stereocenters. The van der Waals surface area contributed by atoms with Crippen molar-refractivity contribution in [2.45, 2.75) is 38.3 Å². The van der Waals surface area contributed by atoms with E-state index in [4.69, 9.17) is 10.5 Å². The standard InChI is InChI=1S/C16H26N2O/c1-13(14-7-5-4-6-8-14)15(11-17)18-9-10-19-16(2,3)12-18/h4-8,13,15H,9-12,17H2,1-3H3. The lowest BCUT2D eigenvalue weighted by Gasteiger charge is -2.44.